The summed E-state index contributed by atoms with van der Waals surface area (Å²) in [6.45, 7) is 0.753. The zero-order valence-electron chi connectivity index (χ0n) is 18.1. The first-order valence-corrected chi connectivity index (χ1v) is 11.0. The summed E-state index contributed by atoms with van der Waals surface area (Å²) >= 11 is 0. The lowest BCUT2D eigenvalue weighted by Gasteiger charge is -2.14. The van der Waals surface area contributed by atoms with Gasteiger partial charge in [-0.3, -0.25) is 0 Å². The highest BCUT2D eigenvalue weighted by Crippen LogP contribution is 2.44. The number of fused-ring (bicyclic) bond motifs is 3. The molecule has 1 N–H and O–H groups in total. The fourth-order valence-electron chi connectivity index (χ4n) is 4.16. The SMILES string of the molecule is O=C(NCCC#Cc1ccc(-n2cccn2)cc1)OCC1c2ccccc2-c2ccccc21. The van der Waals surface area contributed by atoms with Crippen LogP contribution >= 0.6 is 0 Å². The summed E-state index contributed by atoms with van der Waals surface area (Å²) in [5.41, 5.74) is 6.76. The number of carbonyl (C=O) groups excluding carboxylic acids is 1. The van der Waals surface area contributed by atoms with Gasteiger partial charge in [0.05, 0.1) is 5.69 Å². The highest BCUT2D eigenvalue weighted by molar-refractivity contribution is 5.79. The van der Waals surface area contributed by atoms with Crippen LogP contribution in [0.2, 0.25) is 0 Å². The summed E-state index contributed by atoms with van der Waals surface area (Å²) in [5, 5.41) is 7.00. The van der Waals surface area contributed by atoms with Gasteiger partial charge in [0, 0.05) is 36.8 Å². The van der Waals surface area contributed by atoms with Crippen molar-refractivity contribution in [2.45, 2.75) is 12.3 Å². The summed E-state index contributed by atoms with van der Waals surface area (Å²) in [6, 6.07) is 26.4. The van der Waals surface area contributed by atoms with Gasteiger partial charge >= 0.3 is 6.09 Å². The average Bonchev–Trinajstić information content (AvgIpc) is 3.50. The Morgan fingerprint density at radius 2 is 1.64 bits per heavy atom. The largest absolute Gasteiger partial charge is 0.449 e. The minimum absolute atomic E-state index is 0.0626. The molecule has 162 valence electrons. The van der Waals surface area contributed by atoms with Crippen molar-refractivity contribution < 1.29 is 9.53 Å². The van der Waals surface area contributed by atoms with E-state index in [9.17, 15) is 4.79 Å². The number of ether oxygens (including phenoxy) is 1. The number of alkyl carbamates (subject to hydrolysis) is 1. The van der Waals surface area contributed by atoms with E-state index in [-0.39, 0.29) is 5.92 Å². The van der Waals surface area contributed by atoms with Gasteiger partial charge in [-0.05, 0) is 52.6 Å². The molecule has 1 aromatic heterocycles. The maximum Gasteiger partial charge on any atom is 0.407 e. The fourth-order valence-corrected chi connectivity index (χ4v) is 4.16. The zero-order valence-corrected chi connectivity index (χ0v) is 18.1. The Kier molecular flexibility index (Phi) is 5.90. The molecule has 0 saturated heterocycles. The standard InChI is InChI=1S/C28H23N3O2/c32-28(29-17-6-5-8-21-13-15-22(16-14-21)31-19-7-18-30-31)33-20-27-25-11-3-1-9-23(25)24-10-2-4-12-26(24)27/h1-4,7,9-16,18-19,27H,6,17,20H2,(H,29,32). The number of amides is 1. The first kappa shape index (κ1) is 20.6. The van der Waals surface area contributed by atoms with E-state index in [1.807, 2.05) is 60.8 Å². The van der Waals surface area contributed by atoms with Gasteiger partial charge in [0.15, 0.2) is 0 Å². The topological polar surface area (TPSA) is 56.2 Å². The van der Waals surface area contributed by atoms with E-state index in [1.165, 1.54) is 22.3 Å². The van der Waals surface area contributed by atoms with E-state index in [0.717, 1.165) is 11.3 Å². The third-order valence-electron chi connectivity index (χ3n) is 5.73. The van der Waals surface area contributed by atoms with Crippen LogP contribution in [0.15, 0.2) is 91.3 Å². The van der Waals surface area contributed by atoms with Crippen molar-refractivity contribution in [2.75, 3.05) is 13.2 Å². The number of nitrogens with zero attached hydrogens (tertiary/aromatic N) is 2. The van der Waals surface area contributed by atoms with E-state index in [4.69, 9.17) is 4.74 Å². The molecule has 5 heteroatoms. The number of rotatable bonds is 5. The summed E-state index contributed by atoms with van der Waals surface area (Å²) < 4.78 is 7.35. The van der Waals surface area contributed by atoms with Crippen LogP contribution < -0.4 is 5.32 Å². The van der Waals surface area contributed by atoms with E-state index in [2.05, 4.69) is 46.5 Å². The van der Waals surface area contributed by atoms with Crippen LogP contribution in [-0.2, 0) is 4.74 Å². The number of hydrogen-bond donors (Lipinski definition) is 1. The molecule has 0 spiro atoms. The molecule has 4 aromatic rings. The monoisotopic (exact) mass is 433 g/mol. The number of hydrogen-bond acceptors (Lipinski definition) is 3. The summed E-state index contributed by atoms with van der Waals surface area (Å²) in [7, 11) is 0. The highest BCUT2D eigenvalue weighted by Gasteiger charge is 2.28. The van der Waals surface area contributed by atoms with Gasteiger partial charge in [-0.2, -0.15) is 5.10 Å². The second-order valence-corrected chi connectivity index (χ2v) is 7.80. The van der Waals surface area contributed by atoms with Gasteiger partial charge < -0.3 is 10.1 Å². The molecule has 5 nitrogen and oxygen atoms in total. The van der Waals surface area contributed by atoms with Gasteiger partial charge in [0.2, 0.25) is 0 Å². The Hall–Kier alpha value is -4.30. The number of nitrogens with one attached hydrogen (secondary N) is 1. The average molecular weight is 434 g/mol. The maximum atomic E-state index is 12.2. The van der Waals surface area contributed by atoms with E-state index in [0.29, 0.717) is 19.6 Å². The second-order valence-electron chi connectivity index (χ2n) is 7.80. The molecule has 1 aliphatic rings. The zero-order chi connectivity index (χ0) is 22.5. The minimum Gasteiger partial charge on any atom is -0.449 e. The number of benzene rings is 3. The molecule has 0 fully saturated rings. The van der Waals surface area contributed by atoms with Crippen LogP contribution in [0.25, 0.3) is 16.8 Å². The number of aromatic nitrogens is 2. The van der Waals surface area contributed by atoms with Gasteiger partial charge in [-0.1, -0.05) is 60.4 Å². The van der Waals surface area contributed by atoms with Crippen LogP contribution in [0.5, 0.6) is 0 Å². The van der Waals surface area contributed by atoms with E-state index in [1.54, 1.807) is 10.9 Å². The Bertz CT molecular complexity index is 1270. The van der Waals surface area contributed by atoms with Crippen molar-refractivity contribution in [3.8, 4) is 28.7 Å². The third-order valence-corrected chi connectivity index (χ3v) is 5.73. The van der Waals surface area contributed by atoms with Crippen molar-refractivity contribution in [3.63, 3.8) is 0 Å². The van der Waals surface area contributed by atoms with E-state index < -0.39 is 6.09 Å². The van der Waals surface area contributed by atoms with E-state index >= 15 is 0 Å². The highest BCUT2D eigenvalue weighted by atomic mass is 16.5. The van der Waals surface area contributed by atoms with Crippen LogP contribution in [-0.4, -0.2) is 29.0 Å². The van der Waals surface area contributed by atoms with Gasteiger partial charge in [-0.25, -0.2) is 9.48 Å². The quantitative estimate of drug-likeness (QED) is 0.350. The molecule has 0 atom stereocenters. The summed E-state index contributed by atoms with van der Waals surface area (Å²) in [5.74, 6) is 6.27. The van der Waals surface area contributed by atoms with Crippen molar-refractivity contribution >= 4 is 6.09 Å². The number of carbonyl (C=O) groups is 1. The molecule has 3 aromatic carbocycles. The lowest BCUT2D eigenvalue weighted by molar-refractivity contribution is 0.143. The molecule has 1 amide bonds. The van der Waals surface area contributed by atoms with Crippen molar-refractivity contribution in [3.05, 3.63) is 108 Å². The first-order valence-electron chi connectivity index (χ1n) is 11.0. The lowest BCUT2D eigenvalue weighted by atomic mass is 9.98. The molecule has 33 heavy (non-hydrogen) atoms. The molecular weight excluding hydrogens is 410 g/mol. The van der Waals surface area contributed by atoms with Crippen molar-refractivity contribution in [1.29, 1.82) is 0 Å². The van der Waals surface area contributed by atoms with Crippen molar-refractivity contribution in [2.24, 2.45) is 0 Å². The molecule has 0 unspecified atom stereocenters. The predicted octanol–water partition coefficient (Wildman–Crippen LogP) is 5.15. The molecule has 5 rings (SSSR count). The Morgan fingerprint density at radius 1 is 0.939 bits per heavy atom. The minimum atomic E-state index is -0.415. The molecule has 0 radical (unpaired) electrons. The Labute approximate surface area is 193 Å². The molecular formula is C28H23N3O2. The Balaban J connectivity index is 1.10. The molecule has 1 aliphatic carbocycles. The predicted molar refractivity (Wildman–Crippen MR) is 128 cm³/mol. The second kappa shape index (κ2) is 9.46. The molecule has 1 heterocycles. The summed E-state index contributed by atoms with van der Waals surface area (Å²) in [4.78, 5) is 12.2. The smallest absolute Gasteiger partial charge is 0.407 e. The van der Waals surface area contributed by atoms with Gasteiger partial charge in [-0.15, -0.1) is 0 Å². The first-order chi connectivity index (χ1) is 16.3. The fraction of sp³-hybridized carbons (Fsp3) is 0.143. The normalized spacial score (nSPS) is 11.8. The molecule has 0 bridgehead atoms. The van der Waals surface area contributed by atoms with Gasteiger partial charge in [0.1, 0.15) is 6.61 Å². The lowest BCUT2D eigenvalue weighted by Crippen LogP contribution is -2.26. The Morgan fingerprint density at radius 3 is 2.30 bits per heavy atom. The summed E-state index contributed by atoms with van der Waals surface area (Å²) in [6.07, 6.45) is 3.78. The maximum absolute atomic E-state index is 12.2. The van der Waals surface area contributed by atoms with Crippen LogP contribution in [0.1, 0.15) is 29.0 Å². The molecule has 0 aliphatic heterocycles. The van der Waals surface area contributed by atoms with Crippen molar-refractivity contribution in [1.82, 2.24) is 15.1 Å². The third kappa shape index (κ3) is 4.51. The molecule has 0 saturated carbocycles. The van der Waals surface area contributed by atoms with Crippen LogP contribution in [0.4, 0.5) is 4.79 Å². The van der Waals surface area contributed by atoms with Gasteiger partial charge in [0.25, 0.3) is 0 Å². The van der Waals surface area contributed by atoms with Crippen LogP contribution in [0.3, 0.4) is 0 Å². The van der Waals surface area contributed by atoms with Crippen LogP contribution in [0, 0.1) is 11.8 Å².